The Morgan fingerprint density at radius 2 is 1.09 bits per heavy atom. The number of nitrogens with zero attached hydrogens (tertiary/aromatic N) is 4. The smallest absolute Gasteiger partial charge is 0.248 e. The lowest BCUT2D eigenvalue weighted by atomic mass is 10.0. The van der Waals surface area contributed by atoms with Gasteiger partial charge < -0.3 is 8.98 Å². The van der Waals surface area contributed by atoms with Crippen molar-refractivity contribution in [2.75, 3.05) is 0 Å². The average molecular weight is 703 g/mol. The molecule has 0 aliphatic heterocycles. The molecule has 4 aromatic heterocycles. The van der Waals surface area contributed by atoms with Crippen LogP contribution in [0.5, 0.6) is 0 Å². The van der Waals surface area contributed by atoms with Gasteiger partial charge in [0.15, 0.2) is 5.82 Å². The largest absolute Gasteiger partial charge is 0.436 e. The van der Waals surface area contributed by atoms with Crippen molar-refractivity contribution >= 4 is 76.6 Å². The number of rotatable bonds is 4. The minimum absolute atomic E-state index is 0.504. The van der Waals surface area contributed by atoms with Gasteiger partial charge in [0, 0.05) is 38.2 Å². The van der Waals surface area contributed by atoms with Gasteiger partial charge in [-0.25, -0.2) is 4.98 Å². The van der Waals surface area contributed by atoms with Gasteiger partial charge in [0.1, 0.15) is 16.8 Å². The highest BCUT2D eigenvalue weighted by atomic mass is 16.3. The second-order valence-electron chi connectivity index (χ2n) is 14.2. The summed E-state index contributed by atoms with van der Waals surface area (Å²) in [5.41, 5.74) is 11.5. The predicted octanol–water partition coefficient (Wildman–Crippen LogP) is 13.1. The van der Waals surface area contributed by atoms with Gasteiger partial charge in [-0.2, -0.15) is 4.98 Å². The van der Waals surface area contributed by atoms with E-state index in [4.69, 9.17) is 14.4 Å². The molecule has 5 heteroatoms. The fraction of sp³-hybridized carbons (Fsp3) is 0. The lowest BCUT2D eigenvalue weighted by Gasteiger charge is -2.14. The molecule has 0 radical (unpaired) electrons. The van der Waals surface area contributed by atoms with Gasteiger partial charge in [0.05, 0.1) is 22.1 Å². The molecule has 0 saturated carbocycles. The van der Waals surface area contributed by atoms with Gasteiger partial charge in [-0.15, -0.1) is 0 Å². The van der Waals surface area contributed by atoms with E-state index in [1.807, 2.05) is 6.07 Å². The van der Waals surface area contributed by atoms with Crippen molar-refractivity contribution in [2.45, 2.75) is 0 Å². The second-order valence-corrected chi connectivity index (χ2v) is 14.2. The van der Waals surface area contributed by atoms with Crippen LogP contribution in [0.25, 0.3) is 110 Å². The lowest BCUT2D eigenvalue weighted by Crippen LogP contribution is -2.03. The number of para-hydroxylation sites is 3. The molecule has 0 aliphatic carbocycles. The van der Waals surface area contributed by atoms with Crippen molar-refractivity contribution in [2.24, 2.45) is 0 Å². The highest BCUT2D eigenvalue weighted by molar-refractivity contribution is 6.18. The van der Waals surface area contributed by atoms with E-state index in [9.17, 15) is 0 Å². The molecule has 12 aromatic rings. The summed E-state index contributed by atoms with van der Waals surface area (Å²) in [6.07, 6.45) is 0. The Bertz CT molecular complexity index is 3480. The fourth-order valence-corrected chi connectivity index (χ4v) is 8.67. The maximum atomic E-state index is 6.67. The molecule has 0 aliphatic rings. The molecule has 8 aromatic carbocycles. The van der Waals surface area contributed by atoms with E-state index < -0.39 is 0 Å². The maximum Gasteiger partial charge on any atom is 0.248 e. The molecule has 55 heavy (non-hydrogen) atoms. The first-order chi connectivity index (χ1) is 27.3. The summed E-state index contributed by atoms with van der Waals surface area (Å²) in [6.45, 7) is 0. The van der Waals surface area contributed by atoms with Crippen LogP contribution in [0.15, 0.2) is 186 Å². The zero-order valence-electron chi connectivity index (χ0n) is 29.5. The van der Waals surface area contributed by atoms with Crippen LogP contribution in [0.4, 0.5) is 0 Å². The molecule has 0 saturated heterocycles. The van der Waals surface area contributed by atoms with Crippen molar-refractivity contribution in [1.29, 1.82) is 0 Å². The van der Waals surface area contributed by atoms with E-state index in [-0.39, 0.29) is 0 Å². The Balaban J connectivity index is 1.23. The molecule has 256 valence electrons. The summed E-state index contributed by atoms with van der Waals surface area (Å²) >= 11 is 0. The maximum absolute atomic E-state index is 6.67. The van der Waals surface area contributed by atoms with Gasteiger partial charge in [0.25, 0.3) is 0 Å². The van der Waals surface area contributed by atoms with Crippen molar-refractivity contribution in [3.63, 3.8) is 0 Å². The summed E-state index contributed by atoms with van der Waals surface area (Å²) < 4.78 is 11.3. The number of benzene rings is 8. The molecule has 0 atom stereocenters. The molecule has 4 heterocycles. The van der Waals surface area contributed by atoms with Crippen molar-refractivity contribution < 1.29 is 4.42 Å². The predicted molar refractivity (Wildman–Crippen MR) is 226 cm³/mol. The molecule has 5 nitrogen and oxygen atoms in total. The molecule has 0 fully saturated rings. The van der Waals surface area contributed by atoms with E-state index in [2.05, 4.69) is 185 Å². The summed E-state index contributed by atoms with van der Waals surface area (Å²) in [6, 6.07) is 64.3. The normalized spacial score (nSPS) is 12.0. The minimum Gasteiger partial charge on any atom is -0.436 e. The van der Waals surface area contributed by atoms with Crippen LogP contribution >= 0.6 is 0 Å². The third kappa shape index (κ3) is 4.41. The third-order valence-electron chi connectivity index (χ3n) is 11.1. The van der Waals surface area contributed by atoms with Crippen LogP contribution in [0.3, 0.4) is 0 Å². The number of hydrogen-bond donors (Lipinski definition) is 0. The molecular formula is C50H30N4O. The fourth-order valence-electron chi connectivity index (χ4n) is 8.67. The number of hydrogen-bond acceptors (Lipinski definition) is 3. The van der Waals surface area contributed by atoms with E-state index in [1.165, 1.54) is 10.8 Å². The first-order valence-electron chi connectivity index (χ1n) is 18.6. The van der Waals surface area contributed by atoms with Crippen molar-refractivity contribution in [3.05, 3.63) is 182 Å². The summed E-state index contributed by atoms with van der Waals surface area (Å²) in [5, 5.41) is 7.90. The Hall–Kier alpha value is -7.50. The van der Waals surface area contributed by atoms with E-state index in [0.717, 1.165) is 94.0 Å². The van der Waals surface area contributed by atoms with Crippen LogP contribution in [0, 0.1) is 0 Å². The van der Waals surface area contributed by atoms with Crippen LogP contribution in [-0.2, 0) is 0 Å². The van der Waals surface area contributed by atoms with Crippen molar-refractivity contribution in [3.8, 4) is 33.9 Å². The standard InChI is InChI=1S/C50H30N4O/c1-3-14-31(15-4-1)34-26-27-38-45(30-34)55-50-48(38)51-47(39-22-13-25-43-46(39)37-21-10-12-24-42(37)53(43)35-18-5-2-6-19-35)49(52-50)54-41-23-11-9-20-36(41)40-28-32-16-7-8-17-33(32)29-44(40)54/h1-30H. The monoisotopic (exact) mass is 702 g/mol. The molecule has 0 spiro atoms. The number of furan rings is 1. The SMILES string of the molecule is c1ccc(-c2ccc3c(c2)oc2nc(-n4c5ccccc5c5cc6ccccc6cc54)c(-c4cccc5c4c4ccccc4n5-c4ccccc4)nc23)cc1. The van der Waals surface area contributed by atoms with Gasteiger partial charge in [0.2, 0.25) is 5.71 Å². The zero-order chi connectivity index (χ0) is 36.0. The minimum atomic E-state index is 0.504. The first kappa shape index (κ1) is 30.0. The van der Waals surface area contributed by atoms with Crippen molar-refractivity contribution in [1.82, 2.24) is 19.1 Å². The molecular weight excluding hydrogens is 673 g/mol. The summed E-state index contributed by atoms with van der Waals surface area (Å²) in [4.78, 5) is 11.1. The van der Waals surface area contributed by atoms with Gasteiger partial charge in [-0.05, 0) is 76.5 Å². The second kappa shape index (κ2) is 11.5. The van der Waals surface area contributed by atoms with Gasteiger partial charge in [-0.1, -0.05) is 127 Å². The Labute approximate surface area is 315 Å². The Morgan fingerprint density at radius 3 is 1.91 bits per heavy atom. The molecule has 0 N–H and O–H groups in total. The lowest BCUT2D eigenvalue weighted by molar-refractivity contribution is 0.652. The van der Waals surface area contributed by atoms with Gasteiger partial charge >= 0.3 is 0 Å². The Kier molecular flexibility index (Phi) is 6.27. The quantitative estimate of drug-likeness (QED) is 0.183. The first-order valence-corrected chi connectivity index (χ1v) is 18.6. The van der Waals surface area contributed by atoms with Gasteiger partial charge in [-0.3, -0.25) is 4.57 Å². The third-order valence-corrected chi connectivity index (χ3v) is 11.1. The molecule has 0 bridgehead atoms. The highest BCUT2D eigenvalue weighted by Gasteiger charge is 2.25. The van der Waals surface area contributed by atoms with E-state index in [0.29, 0.717) is 5.71 Å². The van der Waals surface area contributed by atoms with Crippen LogP contribution in [0.2, 0.25) is 0 Å². The van der Waals surface area contributed by atoms with Crippen LogP contribution in [0.1, 0.15) is 0 Å². The molecule has 0 unspecified atom stereocenters. The average Bonchev–Trinajstić information content (AvgIpc) is 3.89. The molecule has 0 amide bonds. The molecule has 12 rings (SSSR count). The summed E-state index contributed by atoms with van der Waals surface area (Å²) in [5.74, 6) is 0.723. The zero-order valence-corrected chi connectivity index (χ0v) is 29.5. The van der Waals surface area contributed by atoms with E-state index in [1.54, 1.807) is 0 Å². The van der Waals surface area contributed by atoms with E-state index >= 15 is 0 Å². The summed E-state index contributed by atoms with van der Waals surface area (Å²) in [7, 11) is 0. The highest BCUT2D eigenvalue weighted by Crippen LogP contribution is 2.43. The Morgan fingerprint density at radius 1 is 0.418 bits per heavy atom. The topological polar surface area (TPSA) is 48.8 Å². The number of fused-ring (bicyclic) bond motifs is 10. The van der Waals surface area contributed by atoms with Crippen LogP contribution < -0.4 is 0 Å². The van der Waals surface area contributed by atoms with Crippen LogP contribution in [-0.4, -0.2) is 19.1 Å². The number of aromatic nitrogens is 4.